The van der Waals surface area contributed by atoms with E-state index in [0.29, 0.717) is 22.6 Å². The molecule has 0 bridgehead atoms. The van der Waals surface area contributed by atoms with Crippen molar-refractivity contribution in [2.24, 2.45) is 0 Å². The molecule has 1 aliphatic heterocycles. The number of carbonyl (C=O) groups is 1. The molecule has 4 rings (SSSR count). The molecule has 0 spiro atoms. The fraction of sp³-hybridized carbons (Fsp3) is 0.348. The van der Waals surface area contributed by atoms with Crippen LogP contribution in [0.5, 0.6) is 0 Å². The number of para-hydroxylation sites is 2. The van der Waals surface area contributed by atoms with Gasteiger partial charge in [-0.15, -0.1) is 0 Å². The number of anilines is 1. The number of aromatic nitrogens is 2. The fourth-order valence-electron chi connectivity index (χ4n) is 3.91. The van der Waals surface area contributed by atoms with Crippen LogP contribution in [0.3, 0.4) is 0 Å². The summed E-state index contributed by atoms with van der Waals surface area (Å²) in [4.78, 5) is 32.6. The first-order valence-corrected chi connectivity index (χ1v) is 11.1. The zero-order valence-corrected chi connectivity index (χ0v) is 17.6. The first-order valence-electron chi connectivity index (χ1n) is 10.1. The minimum atomic E-state index is -0.0288. The van der Waals surface area contributed by atoms with Gasteiger partial charge in [0.2, 0.25) is 5.91 Å². The van der Waals surface area contributed by atoms with Gasteiger partial charge in [-0.2, -0.15) is 0 Å². The lowest BCUT2D eigenvalue weighted by atomic mass is 10.1. The summed E-state index contributed by atoms with van der Waals surface area (Å²) in [5.41, 5.74) is 2.86. The lowest BCUT2D eigenvalue weighted by Crippen LogP contribution is -2.37. The average molecular weight is 408 g/mol. The topological polar surface area (TPSA) is 55.2 Å². The Morgan fingerprint density at radius 1 is 1.17 bits per heavy atom. The molecule has 0 saturated carbocycles. The molecule has 3 aromatic rings. The molecule has 0 radical (unpaired) electrons. The number of fused-ring (bicyclic) bond motifs is 2. The lowest BCUT2D eigenvalue weighted by Gasteiger charge is -2.22. The summed E-state index contributed by atoms with van der Waals surface area (Å²) in [6, 6.07) is 15.6. The van der Waals surface area contributed by atoms with E-state index in [2.05, 4.69) is 19.9 Å². The molecule has 2 heterocycles. The number of rotatable bonds is 6. The van der Waals surface area contributed by atoms with Crippen molar-refractivity contribution in [3.8, 4) is 0 Å². The van der Waals surface area contributed by atoms with E-state index in [1.165, 1.54) is 17.3 Å². The van der Waals surface area contributed by atoms with Gasteiger partial charge in [0.1, 0.15) is 0 Å². The highest BCUT2D eigenvalue weighted by Crippen LogP contribution is 2.32. The standard InChI is InChI=1S/C23H25N3O2S/c1-3-4-13-25-22(28)18-10-6-7-11-19(18)24-23(25)29-15-21(27)26-16(2)14-17-9-5-8-12-20(17)26/h5-12,16H,3-4,13-15H2,1-2H3/t16-/m1/s1. The average Bonchev–Trinajstić information content (AvgIpc) is 3.07. The highest BCUT2D eigenvalue weighted by molar-refractivity contribution is 7.99. The zero-order chi connectivity index (χ0) is 20.4. The highest BCUT2D eigenvalue weighted by atomic mass is 32.2. The third-order valence-corrected chi connectivity index (χ3v) is 6.32. The van der Waals surface area contributed by atoms with Gasteiger partial charge in [-0.3, -0.25) is 14.2 Å². The van der Waals surface area contributed by atoms with Gasteiger partial charge in [0.25, 0.3) is 5.56 Å². The van der Waals surface area contributed by atoms with E-state index >= 15 is 0 Å². The van der Waals surface area contributed by atoms with E-state index < -0.39 is 0 Å². The maximum Gasteiger partial charge on any atom is 0.262 e. The Balaban J connectivity index is 1.61. The first kappa shape index (κ1) is 19.7. The summed E-state index contributed by atoms with van der Waals surface area (Å²) < 4.78 is 1.73. The summed E-state index contributed by atoms with van der Waals surface area (Å²) in [6.07, 6.45) is 2.77. The predicted octanol–water partition coefficient (Wildman–Crippen LogP) is 4.27. The molecular formula is C23H25N3O2S. The van der Waals surface area contributed by atoms with Gasteiger partial charge in [-0.1, -0.05) is 55.4 Å². The van der Waals surface area contributed by atoms with Crippen LogP contribution in [0, 0.1) is 0 Å². The Labute approximate surface area is 174 Å². The largest absolute Gasteiger partial charge is 0.308 e. The summed E-state index contributed by atoms with van der Waals surface area (Å²) >= 11 is 1.36. The van der Waals surface area contributed by atoms with Crippen molar-refractivity contribution in [1.82, 2.24) is 9.55 Å². The summed E-state index contributed by atoms with van der Waals surface area (Å²) in [5.74, 6) is 0.312. The van der Waals surface area contributed by atoms with Crippen molar-refractivity contribution in [2.75, 3.05) is 10.7 Å². The third-order valence-electron chi connectivity index (χ3n) is 5.36. The third kappa shape index (κ3) is 3.81. The SMILES string of the molecule is CCCCn1c(SCC(=O)N2c3ccccc3C[C@H]2C)nc2ccccc2c1=O. The molecule has 0 N–H and O–H groups in total. The van der Waals surface area contributed by atoms with E-state index in [-0.39, 0.29) is 23.3 Å². The molecule has 1 atom stereocenters. The van der Waals surface area contributed by atoms with Crippen molar-refractivity contribution in [1.29, 1.82) is 0 Å². The highest BCUT2D eigenvalue weighted by Gasteiger charge is 2.30. The van der Waals surface area contributed by atoms with Crippen LogP contribution in [0.2, 0.25) is 0 Å². The Bertz CT molecular complexity index is 1110. The van der Waals surface area contributed by atoms with Crippen LogP contribution in [0.1, 0.15) is 32.3 Å². The number of hydrogen-bond acceptors (Lipinski definition) is 4. The van der Waals surface area contributed by atoms with Gasteiger partial charge in [0.15, 0.2) is 5.16 Å². The minimum Gasteiger partial charge on any atom is -0.308 e. The number of nitrogens with zero attached hydrogens (tertiary/aromatic N) is 3. The molecule has 0 unspecified atom stereocenters. The maximum atomic E-state index is 13.1. The van der Waals surface area contributed by atoms with Crippen molar-refractivity contribution in [2.45, 2.75) is 50.9 Å². The zero-order valence-electron chi connectivity index (χ0n) is 16.8. The smallest absolute Gasteiger partial charge is 0.262 e. The van der Waals surface area contributed by atoms with E-state index in [1.807, 2.05) is 47.4 Å². The van der Waals surface area contributed by atoms with Gasteiger partial charge in [-0.25, -0.2) is 4.98 Å². The fourth-order valence-corrected chi connectivity index (χ4v) is 4.80. The molecule has 5 nitrogen and oxygen atoms in total. The lowest BCUT2D eigenvalue weighted by molar-refractivity contribution is -0.116. The normalized spacial score (nSPS) is 15.7. The maximum absolute atomic E-state index is 13.1. The van der Waals surface area contributed by atoms with Crippen LogP contribution in [0.25, 0.3) is 10.9 Å². The monoisotopic (exact) mass is 407 g/mol. The molecule has 6 heteroatoms. The van der Waals surface area contributed by atoms with Gasteiger partial charge >= 0.3 is 0 Å². The van der Waals surface area contributed by atoms with Crippen molar-refractivity contribution in [3.63, 3.8) is 0 Å². The van der Waals surface area contributed by atoms with E-state index in [4.69, 9.17) is 4.98 Å². The van der Waals surface area contributed by atoms with E-state index in [0.717, 1.165) is 24.9 Å². The molecule has 1 aliphatic rings. The Morgan fingerprint density at radius 2 is 1.93 bits per heavy atom. The van der Waals surface area contributed by atoms with E-state index in [1.54, 1.807) is 4.57 Å². The van der Waals surface area contributed by atoms with Crippen LogP contribution < -0.4 is 10.5 Å². The molecule has 150 valence electrons. The van der Waals surface area contributed by atoms with Gasteiger partial charge < -0.3 is 4.90 Å². The number of carbonyl (C=O) groups excluding carboxylic acids is 1. The number of amides is 1. The summed E-state index contributed by atoms with van der Waals surface area (Å²) in [7, 11) is 0. The predicted molar refractivity (Wildman–Crippen MR) is 119 cm³/mol. The van der Waals surface area contributed by atoms with Crippen molar-refractivity contribution in [3.05, 3.63) is 64.4 Å². The molecule has 0 aliphatic carbocycles. The van der Waals surface area contributed by atoms with Crippen LogP contribution >= 0.6 is 11.8 Å². The molecule has 0 saturated heterocycles. The quantitative estimate of drug-likeness (QED) is 0.452. The second-order valence-corrected chi connectivity index (χ2v) is 8.40. The van der Waals surface area contributed by atoms with Crippen LogP contribution in [0.4, 0.5) is 5.69 Å². The first-order chi connectivity index (χ1) is 14.1. The minimum absolute atomic E-state index is 0.0288. The van der Waals surface area contributed by atoms with Crippen LogP contribution in [-0.2, 0) is 17.8 Å². The number of benzene rings is 2. The Morgan fingerprint density at radius 3 is 2.76 bits per heavy atom. The van der Waals surface area contributed by atoms with Gasteiger partial charge in [-0.05, 0) is 43.5 Å². The molecule has 2 aromatic carbocycles. The van der Waals surface area contributed by atoms with Crippen molar-refractivity contribution < 1.29 is 4.79 Å². The Kier molecular flexibility index (Phi) is 5.72. The second-order valence-electron chi connectivity index (χ2n) is 7.46. The molecular weight excluding hydrogens is 382 g/mol. The summed E-state index contributed by atoms with van der Waals surface area (Å²) in [5, 5.41) is 1.25. The van der Waals surface area contributed by atoms with Crippen LogP contribution in [-0.4, -0.2) is 27.3 Å². The second kappa shape index (κ2) is 8.41. The van der Waals surface area contributed by atoms with E-state index in [9.17, 15) is 9.59 Å². The summed E-state index contributed by atoms with van der Waals surface area (Å²) in [6.45, 7) is 4.79. The number of thioether (sulfide) groups is 1. The molecule has 1 aromatic heterocycles. The number of unbranched alkanes of at least 4 members (excludes halogenated alkanes) is 1. The Hall–Kier alpha value is -2.60. The molecule has 0 fully saturated rings. The van der Waals surface area contributed by atoms with Crippen molar-refractivity contribution >= 4 is 34.3 Å². The molecule has 1 amide bonds. The number of hydrogen-bond donors (Lipinski definition) is 0. The molecule has 29 heavy (non-hydrogen) atoms. The van der Waals surface area contributed by atoms with Crippen LogP contribution in [0.15, 0.2) is 58.5 Å². The van der Waals surface area contributed by atoms with Gasteiger partial charge in [0.05, 0.1) is 16.7 Å². The van der Waals surface area contributed by atoms with Gasteiger partial charge in [0, 0.05) is 18.3 Å².